The van der Waals surface area contributed by atoms with Crippen LogP contribution in [0, 0.1) is 11.3 Å². The molecule has 74 valence electrons. The van der Waals surface area contributed by atoms with Crippen molar-refractivity contribution in [2.75, 3.05) is 12.4 Å². The van der Waals surface area contributed by atoms with Crippen LogP contribution in [0.15, 0.2) is 23.1 Å². The van der Waals surface area contributed by atoms with Gasteiger partial charge in [-0.3, -0.25) is 0 Å². The number of nitriles is 1. The third-order valence-corrected chi connectivity index (χ3v) is 3.21. The van der Waals surface area contributed by atoms with E-state index in [9.17, 15) is 0 Å². The van der Waals surface area contributed by atoms with Gasteiger partial charge in [0, 0.05) is 17.3 Å². The number of hydrogen-bond acceptors (Lipinski definition) is 3. The number of hydrogen-bond donors (Lipinski definition) is 1. The molecule has 0 saturated carbocycles. The number of halogens is 1. The Hall–Kier alpha value is -0.690. The lowest BCUT2D eigenvalue weighted by molar-refractivity contribution is 0.296. The molecule has 4 heteroatoms. The molecule has 0 amide bonds. The van der Waals surface area contributed by atoms with Gasteiger partial charge in [0.2, 0.25) is 0 Å². The Labute approximate surface area is 92.5 Å². The highest BCUT2D eigenvalue weighted by molar-refractivity contribution is 7.99. The van der Waals surface area contributed by atoms with E-state index in [0.29, 0.717) is 10.6 Å². The molecule has 14 heavy (non-hydrogen) atoms. The quantitative estimate of drug-likeness (QED) is 0.636. The van der Waals surface area contributed by atoms with Crippen LogP contribution in [-0.4, -0.2) is 17.5 Å². The van der Waals surface area contributed by atoms with Crippen LogP contribution in [0.3, 0.4) is 0 Å². The molecule has 0 bridgehead atoms. The average molecular weight is 228 g/mol. The third kappa shape index (κ3) is 3.22. The minimum atomic E-state index is 0.195. The summed E-state index contributed by atoms with van der Waals surface area (Å²) in [6, 6.07) is 7.26. The minimum absolute atomic E-state index is 0.195. The van der Waals surface area contributed by atoms with Crippen molar-refractivity contribution in [2.24, 2.45) is 0 Å². The second kappa shape index (κ2) is 5.92. The summed E-state index contributed by atoms with van der Waals surface area (Å²) < 4.78 is 0. The summed E-state index contributed by atoms with van der Waals surface area (Å²) in [6.45, 7) is 0.195. The van der Waals surface area contributed by atoms with E-state index in [0.717, 1.165) is 17.1 Å². The Bertz CT molecular complexity index is 348. The molecule has 0 atom stereocenters. The van der Waals surface area contributed by atoms with Gasteiger partial charge in [0.05, 0.1) is 16.7 Å². The van der Waals surface area contributed by atoms with E-state index in [1.165, 1.54) is 0 Å². The minimum Gasteiger partial charge on any atom is -0.396 e. The van der Waals surface area contributed by atoms with Crippen LogP contribution in [-0.2, 0) is 0 Å². The fraction of sp³-hybridized carbons (Fsp3) is 0.300. The van der Waals surface area contributed by atoms with Crippen LogP contribution < -0.4 is 0 Å². The Kier molecular flexibility index (Phi) is 4.81. The largest absolute Gasteiger partial charge is 0.396 e. The van der Waals surface area contributed by atoms with Crippen LogP contribution in [0.25, 0.3) is 0 Å². The van der Waals surface area contributed by atoms with Crippen molar-refractivity contribution in [1.82, 2.24) is 0 Å². The maximum Gasteiger partial charge on any atom is 0.0992 e. The van der Waals surface area contributed by atoms with Gasteiger partial charge in [-0.2, -0.15) is 5.26 Å². The summed E-state index contributed by atoms with van der Waals surface area (Å²) in [4.78, 5) is 0.958. The van der Waals surface area contributed by atoms with Crippen molar-refractivity contribution >= 4 is 23.4 Å². The van der Waals surface area contributed by atoms with Crippen molar-refractivity contribution in [3.8, 4) is 6.07 Å². The van der Waals surface area contributed by atoms with Gasteiger partial charge >= 0.3 is 0 Å². The molecule has 0 heterocycles. The highest BCUT2D eigenvalue weighted by Crippen LogP contribution is 2.28. The summed E-state index contributed by atoms with van der Waals surface area (Å²) in [5.41, 5.74) is 0.571. The molecule has 1 aromatic carbocycles. The van der Waals surface area contributed by atoms with E-state index in [4.69, 9.17) is 22.0 Å². The molecule has 0 unspecified atom stereocenters. The Balaban J connectivity index is 2.65. The molecule has 0 aliphatic heterocycles. The molecule has 1 N–H and O–H groups in total. The summed E-state index contributed by atoms with van der Waals surface area (Å²) in [7, 11) is 0. The molecule has 0 aliphatic rings. The highest BCUT2D eigenvalue weighted by atomic mass is 35.5. The number of benzene rings is 1. The predicted molar refractivity (Wildman–Crippen MR) is 58.6 cm³/mol. The molecule has 0 aromatic heterocycles. The van der Waals surface area contributed by atoms with Crippen molar-refractivity contribution in [1.29, 1.82) is 5.26 Å². The lowest BCUT2D eigenvalue weighted by Crippen LogP contribution is -1.86. The van der Waals surface area contributed by atoms with E-state index < -0.39 is 0 Å². The van der Waals surface area contributed by atoms with Gasteiger partial charge in [0.15, 0.2) is 0 Å². The predicted octanol–water partition coefficient (Wildman–Crippen LogP) is 2.69. The van der Waals surface area contributed by atoms with Crippen molar-refractivity contribution in [2.45, 2.75) is 11.3 Å². The first-order valence-electron chi connectivity index (χ1n) is 4.21. The van der Waals surface area contributed by atoms with Crippen molar-refractivity contribution in [3.63, 3.8) is 0 Å². The molecule has 0 radical (unpaired) electrons. The standard InChI is InChI=1S/C10H10ClNOS/c11-9-6-8(7-12)2-3-10(9)14-5-1-4-13/h2-3,6,13H,1,4-5H2. The van der Waals surface area contributed by atoms with E-state index in [2.05, 4.69) is 0 Å². The maximum atomic E-state index is 8.62. The zero-order valence-electron chi connectivity index (χ0n) is 7.53. The molecular formula is C10H10ClNOS. The molecule has 0 aliphatic carbocycles. The van der Waals surface area contributed by atoms with Gasteiger partial charge in [-0.25, -0.2) is 0 Å². The van der Waals surface area contributed by atoms with Crippen molar-refractivity contribution < 1.29 is 5.11 Å². The van der Waals surface area contributed by atoms with E-state index in [-0.39, 0.29) is 6.61 Å². The third-order valence-electron chi connectivity index (χ3n) is 1.62. The van der Waals surface area contributed by atoms with E-state index in [1.807, 2.05) is 12.1 Å². The summed E-state index contributed by atoms with van der Waals surface area (Å²) in [5, 5.41) is 17.8. The van der Waals surface area contributed by atoms with Gasteiger partial charge in [-0.1, -0.05) is 11.6 Å². The van der Waals surface area contributed by atoms with Gasteiger partial charge < -0.3 is 5.11 Å². The maximum absolute atomic E-state index is 8.62. The zero-order chi connectivity index (χ0) is 10.4. The van der Waals surface area contributed by atoms with Gasteiger partial charge in [-0.15, -0.1) is 11.8 Å². The van der Waals surface area contributed by atoms with Crippen LogP contribution >= 0.6 is 23.4 Å². The number of aliphatic hydroxyl groups is 1. The first kappa shape index (κ1) is 11.4. The average Bonchev–Trinajstić information content (AvgIpc) is 2.20. The molecule has 0 saturated heterocycles. The summed E-state index contributed by atoms with van der Waals surface area (Å²) in [5.74, 6) is 0.835. The normalized spacial score (nSPS) is 9.79. The molecule has 0 fully saturated rings. The summed E-state index contributed by atoms with van der Waals surface area (Å²) >= 11 is 7.54. The number of nitrogens with zero attached hydrogens (tertiary/aromatic N) is 1. The highest BCUT2D eigenvalue weighted by Gasteiger charge is 2.01. The lowest BCUT2D eigenvalue weighted by Gasteiger charge is -2.02. The van der Waals surface area contributed by atoms with Crippen LogP contribution in [0.5, 0.6) is 0 Å². The smallest absolute Gasteiger partial charge is 0.0992 e. The van der Waals surface area contributed by atoms with E-state index in [1.54, 1.807) is 23.9 Å². The first-order valence-corrected chi connectivity index (χ1v) is 5.57. The van der Waals surface area contributed by atoms with Gasteiger partial charge in [0.25, 0.3) is 0 Å². The van der Waals surface area contributed by atoms with Gasteiger partial charge in [0.1, 0.15) is 0 Å². The fourth-order valence-electron chi connectivity index (χ4n) is 0.934. The second-order valence-electron chi connectivity index (χ2n) is 2.68. The second-order valence-corrected chi connectivity index (χ2v) is 4.23. The molecular weight excluding hydrogens is 218 g/mol. The summed E-state index contributed by atoms with van der Waals surface area (Å²) in [6.07, 6.45) is 0.751. The topological polar surface area (TPSA) is 44.0 Å². The van der Waals surface area contributed by atoms with Gasteiger partial charge in [-0.05, 0) is 24.6 Å². The number of aliphatic hydroxyl groups excluding tert-OH is 1. The van der Waals surface area contributed by atoms with E-state index >= 15 is 0 Å². The Morgan fingerprint density at radius 1 is 1.50 bits per heavy atom. The molecule has 1 aromatic rings. The SMILES string of the molecule is N#Cc1ccc(SCCCO)c(Cl)c1. The van der Waals surface area contributed by atoms with Crippen LogP contribution in [0.4, 0.5) is 0 Å². The molecule has 2 nitrogen and oxygen atoms in total. The van der Waals surface area contributed by atoms with Crippen molar-refractivity contribution in [3.05, 3.63) is 28.8 Å². The van der Waals surface area contributed by atoms with Crippen LogP contribution in [0.1, 0.15) is 12.0 Å². The Morgan fingerprint density at radius 2 is 2.29 bits per heavy atom. The Morgan fingerprint density at radius 3 is 2.86 bits per heavy atom. The number of thioether (sulfide) groups is 1. The monoisotopic (exact) mass is 227 g/mol. The first-order chi connectivity index (χ1) is 6.77. The lowest BCUT2D eigenvalue weighted by atomic mass is 10.2. The molecule has 0 spiro atoms. The van der Waals surface area contributed by atoms with Crippen LogP contribution in [0.2, 0.25) is 5.02 Å². The fourth-order valence-corrected chi connectivity index (χ4v) is 2.13. The number of rotatable bonds is 4. The zero-order valence-corrected chi connectivity index (χ0v) is 9.11. The molecule has 1 rings (SSSR count).